The smallest absolute Gasteiger partial charge is 0.338 e. The zero-order valence-electron chi connectivity index (χ0n) is 15.7. The fourth-order valence-corrected chi connectivity index (χ4v) is 3.92. The normalized spacial score (nSPS) is 11.5. The van der Waals surface area contributed by atoms with Crippen molar-refractivity contribution in [3.63, 3.8) is 0 Å². The summed E-state index contributed by atoms with van der Waals surface area (Å²) in [4.78, 5) is 41.0. The van der Waals surface area contributed by atoms with Crippen LogP contribution in [0.5, 0.6) is 0 Å². The maximum Gasteiger partial charge on any atom is 0.338 e. The standard InChI is InChI=1S/C20H17BrN2O5S/c1-3-28-19(26)13-6-9-15-16(10-13)29-20(23(15)11-17(24)27-2)22-18(25)12-4-7-14(21)8-5-12/h4-10H,3,11H2,1-2H3. The van der Waals surface area contributed by atoms with Crippen LogP contribution in [0.2, 0.25) is 0 Å². The van der Waals surface area contributed by atoms with Gasteiger partial charge in [-0.05, 0) is 49.4 Å². The number of rotatable bonds is 5. The van der Waals surface area contributed by atoms with E-state index in [9.17, 15) is 14.4 Å². The molecule has 3 rings (SSSR count). The van der Waals surface area contributed by atoms with Gasteiger partial charge in [-0.15, -0.1) is 0 Å². The highest BCUT2D eigenvalue weighted by molar-refractivity contribution is 9.10. The first-order valence-corrected chi connectivity index (χ1v) is 10.3. The zero-order valence-corrected chi connectivity index (χ0v) is 18.1. The molecule has 0 fully saturated rings. The molecule has 0 unspecified atom stereocenters. The number of nitrogens with zero attached hydrogens (tertiary/aromatic N) is 2. The number of amides is 1. The van der Waals surface area contributed by atoms with Crippen molar-refractivity contribution in [2.75, 3.05) is 13.7 Å². The number of benzene rings is 2. The molecule has 150 valence electrons. The van der Waals surface area contributed by atoms with E-state index < -0.39 is 17.8 Å². The molecule has 0 aliphatic heterocycles. The van der Waals surface area contributed by atoms with Crippen molar-refractivity contribution in [2.45, 2.75) is 13.5 Å². The SMILES string of the molecule is CCOC(=O)c1ccc2c(c1)sc(=NC(=O)c1ccc(Br)cc1)n2CC(=O)OC. The molecule has 29 heavy (non-hydrogen) atoms. The van der Waals surface area contributed by atoms with Gasteiger partial charge in [0.2, 0.25) is 0 Å². The van der Waals surface area contributed by atoms with Crippen LogP contribution in [0.4, 0.5) is 0 Å². The molecule has 2 aromatic carbocycles. The molecule has 0 radical (unpaired) electrons. The number of thiazole rings is 1. The van der Waals surface area contributed by atoms with Crippen LogP contribution < -0.4 is 4.80 Å². The number of aromatic nitrogens is 1. The largest absolute Gasteiger partial charge is 0.468 e. The molecule has 0 aliphatic carbocycles. The summed E-state index contributed by atoms with van der Waals surface area (Å²) >= 11 is 4.53. The molecule has 0 aliphatic rings. The van der Waals surface area contributed by atoms with E-state index in [1.165, 1.54) is 18.4 Å². The lowest BCUT2D eigenvalue weighted by atomic mass is 10.2. The van der Waals surface area contributed by atoms with E-state index in [0.29, 0.717) is 26.1 Å². The predicted molar refractivity (Wildman–Crippen MR) is 112 cm³/mol. The first-order valence-electron chi connectivity index (χ1n) is 8.65. The first kappa shape index (κ1) is 20.9. The van der Waals surface area contributed by atoms with E-state index in [1.54, 1.807) is 54.0 Å². The number of hydrogen-bond acceptors (Lipinski definition) is 6. The Morgan fingerprint density at radius 1 is 1.10 bits per heavy atom. The van der Waals surface area contributed by atoms with Crippen molar-refractivity contribution >= 4 is 55.3 Å². The summed E-state index contributed by atoms with van der Waals surface area (Å²) in [6.07, 6.45) is 0. The molecule has 0 spiro atoms. The number of fused-ring (bicyclic) bond motifs is 1. The fraction of sp³-hybridized carbons (Fsp3) is 0.200. The van der Waals surface area contributed by atoms with Gasteiger partial charge in [0.15, 0.2) is 4.80 Å². The number of carbonyl (C=O) groups is 3. The first-order chi connectivity index (χ1) is 13.9. The fourth-order valence-electron chi connectivity index (χ4n) is 2.59. The molecular formula is C20H17BrN2O5S. The minimum atomic E-state index is -0.475. The van der Waals surface area contributed by atoms with E-state index in [4.69, 9.17) is 9.47 Å². The lowest BCUT2D eigenvalue weighted by Crippen LogP contribution is -2.22. The van der Waals surface area contributed by atoms with Gasteiger partial charge in [0.25, 0.3) is 5.91 Å². The van der Waals surface area contributed by atoms with E-state index in [-0.39, 0.29) is 13.2 Å². The monoisotopic (exact) mass is 476 g/mol. The summed E-state index contributed by atoms with van der Waals surface area (Å²) in [6.45, 7) is 1.89. The third kappa shape index (κ3) is 4.80. The molecule has 1 heterocycles. The number of ether oxygens (including phenoxy) is 2. The Balaban J connectivity index is 2.11. The van der Waals surface area contributed by atoms with E-state index >= 15 is 0 Å². The van der Waals surface area contributed by atoms with Crippen LogP contribution in [0.25, 0.3) is 10.2 Å². The number of methoxy groups -OCH3 is 1. The van der Waals surface area contributed by atoms with Crippen molar-refractivity contribution < 1.29 is 23.9 Å². The third-order valence-corrected chi connectivity index (χ3v) is 5.57. The lowest BCUT2D eigenvalue weighted by molar-refractivity contribution is -0.141. The molecule has 9 heteroatoms. The number of esters is 2. The highest BCUT2D eigenvalue weighted by atomic mass is 79.9. The summed E-state index contributed by atoms with van der Waals surface area (Å²) in [5.41, 5.74) is 1.47. The second kappa shape index (κ2) is 9.15. The van der Waals surface area contributed by atoms with Gasteiger partial charge < -0.3 is 14.0 Å². The Morgan fingerprint density at radius 3 is 2.45 bits per heavy atom. The minimum absolute atomic E-state index is 0.109. The molecule has 0 N–H and O–H groups in total. The Morgan fingerprint density at radius 2 is 1.79 bits per heavy atom. The molecule has 0 bridgehead atoms. The van der Waals surface area contributed by atoms with Crippen molar-refractivity contribution in [3.8, 4) is 0 Å². The molecule has 1 amide bonds. The van der Waals surface area contributed by atoms with Gasteiger partial charge in [-0.2, -0.15) is 4.99 Å². The van der Waals surface area contributed by atoms with Crippen LogP contribution in [0.1, 0.15) is 27.6 Å². The maximum absolute atomic E-state index is 12.6. The molecule has 0 saturated heterocycles. The topological polar surface area (TPSA) is 87.0 Å². The Bertz CT molecular complexity index is 1150. The second-order valence-electron chi connectivity index (χ2n) is 5.87. The summed E-state index contributed by atoms with van der Waals surface area (Å²) in [5, 5.41) is 0. The predicted octanol–water partition coefficient (Wildman–Crippen LogP) is 3.56. The third-order valence-electron chi connectivity index (χ3n) is 4.00. The van der Waals surface area contributed by atoms with Crippen LogP contribution in [0.15, 0.2) is 51.9 Å². The molecule has 0 saturated carbocycles. The van der Waals surface area contributed by atoms with Crippen LogP contribution in [0, 0.1) is 0 Å². The van der Waals surface area contributed by atoms with E-state index in [2.05, 4.69) is 20.9 Å². The summed E-state index contributed by atoms with van der Waals surface area (Å²) in [6, 6.07) is 11.8. The van der Waals surface area contributed by atoms with Gasteiger partial charge in [0.05, 0.1) is 29.5 Å². The van der Waals surface area contributed by atoms with Crippen molar-refractivity contribution in [1.82, 2.24) is 4.57 Å². The Kier molecular flexibility index (Phi) is 6.60. The molecule has 0 atom stereocenters. The molecule has 7 nitrogen and oxygen atoms in total. The highest BCUT2D eigenvalue weighted by Crippen LogP contribution is 2.20. The average Bonchev–Trinajstić information content (AvgIpc) is 3.04. The van der Waals surface area contributed by atoms with Gasteiger partial charge in [-0.1, -0.05) is 27.3 Å². The zero-order chi connectivity index (χ0) is 21.0. The van der Waals surface area contributed by atoms with Crippen molar-refractivity contribution in [3.05, 3.63) is 62.9 Å². The Labute approximate surface area is 178 Å². The van der Waals surface area contributed by atoms with Crippen LogP contribution >= 0.6 is 27.3 Å². The van der Waals surface area contributed by atoms with E-state index in [1.807, 2.05) is 0 Å². The van der Waals surface area contributed by atoms with Crippen molar-refractivity contribution in [2.24, 2.45) is 4.99 Å². The Hall–Kier alpha value is -2.78. The van der Waals surface area contributed by atoms with Crippen LogP contribution in [0.3, 0.4) is 0 Å². The molecule has 3 aromatic rings. The molecule has 1 aromatic heterocycles. The number of halogens is 1. The maximum atomic E-state index is 12.6. The summed E-state index contributed by atoms with van der Waals surface area (Å²) in [5.74, 6) is -1.35. The van der Waals surface area contributed by atoms with Gasteiger partial charge in [-0.25, -0.2) is 4.79 Å². The molecular weight excluding hydrogens is 460 g/mol. The van der Waals surface area contributed by atoms with E-state index in [0.717, 1.165) is 4.47 Å². The lowest BCUT2D eigenvalue weighted by Gasteiger charge is -2.05. The average molecular weight is 477 g/mol. The minimum Gasteiger partial charge on any atom is -0.468 e. The van der Waals surface area contributed by atoms with Gasteiger partial charge >= 0.3 is 11.9 Å². The summed E-state index contributed by atoms with van der Waals surface area (Å²) < 4.78 is 12.9. The van der Waals surface area contributed by atoms with Gasteiger partial charge in [0, 0.05) is 10.0 Å². The highest BCUT2D eigenvalue weighted by Gasteiger charge is 2.15. The van der Waals surface area contributed by atoms with Crippen LogP contribution in [-0.2, 0) is 20.8 Å². The summed E-state index contributed by atoms with van der Waals surface area (Å²) in [7, 11) is 1.29. The van der Waals surface area contributed by atoms with Crippen LogP contribution in [-0.4, -0.2) is 36.1 Å². The van der Waals surface area contributed by atoms with Gasteiger partial charge in [-0.3, -0.25) is 9.59 Å². The number of carbonyl (C=O) groups excluding carboxylic acids is 3. The second-order valence-corrected chi connectivity index (χ2v) is 7.80. The number of hydrogen-bond donors (Lipinski definition) is 0. The quantitative estimate of drug-likeness (QED) is 0.525. The van der Waals surface area contributed by atoms with Crippen molar-refractivity contribution in [1.29, 1.82) is 0 Å². The van der Waals surface area contributed by atoms with Gasteiger partial charge in [0.1, 0.15) is 6.54 Å².